The highest BCUT2D eigenvalue weighted by molar-refractivity contribution is 7.89. The van der Waals surface area contributed by atoms with Crippen molar-refractivity contribution in [2.75, 3.05) is 31.6 Å². The first-order valence-electron chi connectivity index (χ1n) is 9.55. The quantitative estimate of drug-likeness (QED) is 0.598. The number of anilines is 1. The molecule has 3 aromatic rings. The predicted octanol–water partition coefficient (Wildman–Crippen LogP) is 2.33. The molecule has 0 bridgehead atoms. The molecule has 0 atom stereocenters. The normalized spacial score (nSPS) is 14.8. The van der Waals surface area contributed by atoms with Crippen LogP contribution in [0.15, 0.2) is 52.2 Å². The van der Waals surface area contributed by atoms with Gasteiger partial charge in [0.05, 0.1) is 34.3 Å². The number of aromatic nitrogens is 1. The summed E-state index contributed by atoms with van der Waals surface area (Å²) in [6.45, 7) is 1.08. The molecular formula is C21H17ClN4O5S. The molecule has 2 heterocycles. The molecule has 0 saturated carbocycles. The van der Waals surface area contributed by atoms with Gasteiger partial charge in [0.15, 0.2) is 0 Å². The molecule has 1 aromatic heterocycles. The summed E-state index contributed by atoms with van der Waals surface area (Å²) in [5, 5.41) is 12.3. The molecular weight excluding hydrogens is 456 g/mol. The van der Waals surface area contributed by atoms with E-state index in [1.54, 1.807) is 0 Å². The number of benzene rings is 2. The van der Waals surface area contributed by atoms with Crippen molar-refractivity contribution in [3.63, 3.8) is 0 Å². The minimum atomic E-state index is -3.80. The summed E-state index contributed by atoms with van der Waals surface area (Å²) in [6.07, 6.45) is 0. The lowest BCUT2D eigenvalue weighted by Crippen LogP contribution is -2.40. The first-order chi connectivity index (χ1) is 15.3. The SMILES string of the molecule is N#Cc1cc(NC(=O)c2cc(=O)[nH]c3ccc(S(=O)(=O)N4CCOCC4)cc23)ccc1Cl. The molecule has 1 aliphatic rings. The minimum absolute atomic E-state index is 0.00349. The number of H-pyrrole nitrogens is 1. The number of nitrogens with zero attached hydrogens (tertiary/aromatic N) is 2. The number of pyridine rings is 1. The van der Waals surface area contributed by atoms with E-state index in [0.717, 1.165) is 6.07 Å². The summed E-state index contributed by atoms with van der Waals surface area (Å²) in [7, 11) is -3.80. The van der Waals surface area contributed by atoms with Gasteiger partial charge >= 0.3 is 0 Å². The van der Waals surface area contributed by atoms with Gasteiger partial charge in [0.1, 0.15) is 6.07 Å². The number of carbonyl (C=O) groups excluding carboxylic acids is 1. The first kappa shape index (κ1) is 22.0. The molecule has 0 spiro atoms. The van der Waals surface area contributed by atoms with Crippen molar-refractivity contribution in [1.29, 1.82) is 5.26 Å². The number of rotatable bonds is 4. The minimum Gasteiger partial charge on any atom is -0.379 e. The molecule has 9 nitrogen and oxygen atoms in total. The van der Waals surface area contributed by atoms with Crippen molar-refractivity contribution in [2.24, 2.45) is 0 Å². The lowest BCUT2D eigenvalue weighted by atomic mass is 10.1. The van der Waals surface area contributed by atoms with Crippen LogP contribution in [-0.2, 0) is 14.8 Å². The van der Waals surface area contributed by atoms with Crippen molar-refractivity contribution < 1.29 is 17.9 Å². The number of morpholine rings is 1. The molecule has 0 radical (unpaired) electrons. The Kier molecular flexibility index (Phi) is 5.99. The summed E-state index contributed by atoms with van der Waals surface area (Å²) in [5.74, 6) is -0.631. The second-order valence-electron chi connectivity index (χ2n) is 7.03. The van der Waals surface area contributed by atoms with Crippen molar-refractivity contribution in [3.05, 3.63) is 69.0 Å². The lowest BCUT2D eigenvalue weighted by Gasteiger charge is -2.26. The Labute approximate surface area is 188 Å². The number of halogens is 1. The highest BCUT2D eigenvalue weighted by atomic mass is 35.5. The molecule has 2 aromatic carbocycles. The van der Waals surface area contributed by atoms with Crippen molar-refractivity contribution >= 4 is 44.1 Å². The Balaban J connectivity index is 1.75. The van der Waals surface area contributed by atoms with E-state index in [0.29, 0.717) is 24.4 Å². The molecule has 11 heteroatoms. The Morgan fingerprint density at radius 3 is 2.62 bits per heavy atom. The van der Waals surface area contributed by atoms with Gasteiger partial charge in [-0.1, -0.05) is 11.6 Å². The van der Waals surface area contributed by atoms with E-state index in [2.05, 4.69) is 10.3 Å². The standard InChI is InChI=1S/C21H17ClN4O5S/c22-18-3-1-14(9-13(18)12-23)24-21(28)17-11-20(27)25-19-4-2-15(10-16(17)19)32(29,30)26-5-7-31-8-6-26/h1-4,9-11H,5-8H2,(H,24,28)(H,25,27). The Morgan fingerprint density at radius 2 is 1.91 bits per heavy atom. The number of nitrogens with one attached hydrogen (secondary N) is 2. The second-order valence-corrected chi connectivity index (χ2v) is 9.38. The van der Waals surface area contributed by atoms with Crippen LogP contribution in [0.25, 0.3) is 10.9 Å². The fourth-order valence-corrected chi connectivity index (χ4v) is 5.00. The van der Waals surface area contributed by atoms with Gasteiger partial charge in [-0.25, -0.2) is 8.42 Å². The maximum atomic E-state index is 13.0. The molecule has 164 valence electrons. The van der Waals surface area contributed by atoms with Gasteiger partial charge in [-0.15, -0.1) is 0 Å². The van der Waals surface area contributed by atoms with Crippen LogP contribution in [0.2, 0.25) is 5.02 Å². The van der Waals surface area contributed by atoms with Crippen LogP contribution in [0.1, 0.15) is 15.9 Å². The van der Waals surface area contributed by atoms with Gasteiger partial charge in [0, 0.05) is 35.7 Å². The van der Waals surface area contributed by atoms with E-state index >= 15 is 0 Å². The maximum Gasteiger partial charge on any atom is 0.256 e. The summed E-state index contributed by atoms with van der Waals surface area (Å²) in [4.78, 5) is 27.7. The zero-order valence-electron chi connectivity index (χ0n) is 16.6. The topological polar surface area (TPSA) is 132 Å². The van der Waals surface area contributed by atoms with E-state index in [9.17, 15) is 18.0 Å². The van der Waals surface area contributed by atoms with Crippen LogP contribution in [0.4, 0.5) is 5.69 Å². The van der Waals surface area contributed by atoms with Crippen molar-refractivity contribution in [1.82, 2.24) is 9.29 Å². The number of carbonyl (C=O) groups is 1. The average molecular weight is 473 g/mol. The molecule has 1 aliphatic heterocycles. The van der Waals surface area contributed by atoms with Crippen LogP contribution < -0.4 is 10.9 Å². The Morgan fingerprint density at radius 1 is 1.16 bits per heavy atom. The van der Waals surface area contributed by atoms with Gasteiger partial charge in [-0.2, -0.15) is 9.57 Å². The number of hydrogen-bond donors (Lipinski definition) is 2. The first-order valence-corrected chi connectivity index (χ1v) is 11.4. The van der Waals surface area contributed by atoms with Crippen LogP contribution >= 0.6 is 11.6 Å². The molecule has 32 heavy (non-hydrogen) atoms. The van der Waals surface area contributed by atoms with Gasteiger partial charge in [0.2, 0.25) is 15.6 Å². The highest BCUT2D eigenvalue weighted by Crippen LogP contribution is 2.25. The van der Waals surface area contributed by atoms with Crippen molar-refractivity contribution in [2.45, 2.75) is 4.90 Å². The monoisotopic (exact) mass is 472 g/mol. The van der Waals surface area contributed by atoms with E-state index < -0.39 is 21.5 Å². The molecule has 4 rings (SSSR count). The molecule has 1 saturated heterocycles. The molecule has 0 unspecified atom stereocenters. The Hall–Kier alpha value is -3.23. The van der Waals surface area contributed by atoms with E-state index in [4.69, 9.17) is 21.6 Å². The summed E-state index contributed by atoms with van der Waals surface area (Å²) in [5.41, 5.74) is 0.287. The summed E-state index contributed by atoms with van der Waals surface area (Å²) in [6, 6.07) is 11.6. The number of amides is 1. The lowest BCUT2D eigenvalue weighted by molar-refractivity contribution is 0.0730. The molecule has 2 N–H and O–H groups in total. The maximum absolute atomic E-state index is 13.0. The van der Waals surface area contributed by atoms with E-state index in [1.165, 1.54) is 40.7 Å². The smallest absolute Gasteiger partial charge is 0.256 e. The number of ether oxygens (including phenoxy) is 1. The van der Waals surface area contributed by atoms with E-state index in [-0.39, 0.29) is 39.5 Å². The van der Waals surface area contributed by atoms with Gasteiger partial charge < -0.3 is 15.0 Å². The molecule has 1 amide bonds. The van der Waals surface area contributed by atoms with Crippen molar-refractivity contribution in [3.8, 4) is 6.07 Å². The summed E-state index contributed by atoms with van der Waals surface area (Å²) >= 11 is 5.92. The van der Waals surface area contributed by atoms with Gasteiger partial charge in [-0.05, 0) is 36.4 Å². The van der Waals surface area contributed by atoms with Crippen LogP contribution in [0.5, 0.6) is 0 Å². The van der Waals surface area contributed by atoms with E-state index in [1.807, 2.05) is 6.07 Å². The predicted molar refractivity (Wildman–Crippen MR) is 118 cm³/mol. The Bertz CT molecular complexity index is 1420. The highest BCUT2D eigenvalue weighted by Gasteiger charge is 2.27. The number of fused-ring (bicyclic) bond motifs is 1. The fraction of sp³-hybridized carbons (Fsp3) is 0.190. The van der Waals surface area contributed by atoms with Gasteiger partial charge in [0.25, 0.3) is 5.91 Å². The zero-order valence-corrected chi connectivity index (χ0v) is 18.2. The van der Waals surface area contributed by atoms with Gasteiger partial charge in [-0.3, -0.25) is 9.59 Å². The van der Waals surface area contributed by atoms with Crippen LogP contribution in [0, 0.1) is 11.3 Å². The third-order valence-corrected chi connectivity index (χ3v) is 7.24. The third kappa shape index (κ3) is 4.24. The van der Waals surface area contributed by atoms with Crippen LogP contribution in [-0.4, -0.2) is 49.9 Å². The number of aromatic amines is 1. The zero-order chi connectivity index (χ0) is 22.9. The molecule has 1 fully saturated rings. The fourth-order valence-electron chi connectivity index (χ4n) is 3.40. The second kappa shape index (κ2) is 8.72. The third-order valence-electron chi connectivity index (χ3n) is 5.01. The average Bonchev–Trinajstić information content (AvgIpc) is 2.79. The largest absolute Gasteiger partial charge is 0.379 e. The number of hydrogen-bond acceptors (Lipinski definition) is 6. The summed E-state index contributed by atoms with van der Waals surface area (Å²) < 4.78 is 32.6. The van der Waals surface area contributed by atoms with Crippen LogP contribution in [0.3, 0.4) is 0 Å². The number of nitriles is 1. The molecule has 0 aliphatic carbocycles. The number of sulfonamides is 1.